The van der Waals surface area contributed by atoms with Gasteiger partial charge in [0.15, 0.2) is 0 Å². The Bertz CT molecular complexity index is 1050. The molecule has 0 N–H and O–H groups in total. The molecule has 0 saturated carbocycles. The summed E-state index contributed by atoms with van der Waals surface area (Å²) in [5.41, 5.74) is 4.71. The number of aromatic nitrogens is 2. The number of carbonyl (C=O) groups is 2. The van der Waals surface area contributed by atoms with Gasteiger partial charge in [0.05, 0.1) is 24.1 Å². The first-order valence-corrected chi connectivity index (χ1v) is 9.13. The van der Waals surface area contributed by atoms with Crippen molar-refractivity contribution >= 4 is 18.0 Å². The van der Waals surface area contributed by atoms with E-state index in [-0.39, 0.29) is 6.61 Å². The summed E-state index contributed by atoms with van der Waals surface area (Å²) >= 11 is 0. The van der Waals surface area contributed by atoms with E-state index in [1.54, 1.807) is 30.3 Å². The lowest BCUT2D eigenvalue weighted by molar-refractivity contribution is -0.138. The molecule has 3 aromatic rings. The van der Waals surface area contributed by atoms with Crippen LogP contribution >= 0.6 is 0 Å². The van der Waals surface area contributed by atoms with Crippen LogP contribution < -0.4 is 0 Å². The Morgan fingerprint density at radius 1 is 1.07 bits per heavy atom. The van der Waals surface area contributed by atoms with E-state index in [1.165, 1.54) is 13.2 Å². The summed E-state index contributed by atoms with van der Waals surface area (Å²) in [6.45, 7) is 3.92. The molecule has 0 aliphatic heterocycles. The molecule has 148 valence electrons. The van der Waals surface area contributed by atoms with Crippen molar-refractivity contribution in [2.45, 2.75) is 20.5 Å². The van der Waals surface area contributed by atoms with Crippen molar-refractivity contribution in [3.8, 4) is 5.69 Å². The Morgan fingerprint density at radius 2 is 1.83 bits per heavy atom. The van der Waals surface area contributed by atoms with Gasteiger partial charge in [0.1, 0.15) is 6.61 Å². The van der Waals surface area contributed by atoms with Crippen LogP contribution in [0.2, 0.25) is 0 Å². The molecular formula is C23H22N2O4. The minimum absolute atomic E-state index is 0.0647. The first-order chi connectivity index (χ1) is 14.0. The van der Waals surface area contributed by atoms with E-state index in [4.69, 9.17) is 9.47 Å². The van der Waals surface area contributed by atoms with E-state index in [0.717, 1.165) is 22.6 Å². The Balaban J connectivity index is 1.67. The van der Waals surface area contributed by atoms with Gasteiger partial charge in [0.2, 0.25) is 0 Å². The molecule has 0 spiro atoms. The van der Waals surface area contributed by atoms with E-state index in [1.807, 2.05) is 48.9 Å². The predicted molar refractivity (Wildman–Crippen MR) is 110 cm³/mol. The highest BCUT2D eigenvalue weighted by atomic mass is 16.5. The summed E-state index contributed by atoms with van der Waals surface area (Å²) in [5, 5.41) is 4.56. The maximum atomic E-state index is 12.1. The third-order valence-corrected chi connectivity index (χ3v) is 4.46. The number of hydrogen-bond acceptors (Lipinski definition) is 5. The lowest BCUT2D eigenvalue weighted by atomic mass is 10.1. The molecule has 0 amide bonds. The molecule has 6 nitrogen and oxygen atoms in total. The predicted octanol–water partition coefficient (Wildman–Crippen LogP) is 4.03. The highest BCUT2D eigenvalue weighted by molar-refractivity contribution is 5.89. The van der Waals surface area contributed by atoms with Crippen LogP contribution in [0.5, 0.6) is 0 Å². The van der Waals surface area contributed by atoms with Crippen molar-refractivity contribution in [1.29, 1.82) is 0 Å². The number of hydrogen-bond donors (Lipinski definition) is 0. The van der Waals surface area contributed by atoms with Crippen LogP contribution in [0, 0.1) is 13.8 Å². The lowest BCUT2D eigenvalue weighted by Crippen LogP contribution is -2.04. The first kappa shape index (κ1) is 20.1. The number of ether oxygens (including phenoxy) is 2. The van der Waals surface area contributed by atoms with Gasteiger partial charge in [-0.1, -0.05) is 30.3 Å². The maximum Gasteiger partial charge on any atom is 0.337 e. The second-order valence-electron chi connectivity index (χ2n) is 6.46. The fourth-order valence-electron chi connectivity index (χ4n) is 2.98. The van der Waals surface area contributed by atoms with Gasteiger partial charge in [-0.15, -0.1) is 0 Å². The lowest BCUT2D eigenvalue weighted by Gasteiger charge is -2.05. The van der Waals surface area contributed by atoms with Gasteiger partial charge in [-0.3, -0.25) is 0 Å². The number of para-hydroxylation sites is 1. The van der Waals surface area contributed by atoms with Crippen molar-refractivity contribution < 1.29 is 19.1 Å². The second kappa shape index (κ2) is 9.01. The average Bonchev–Trinajstić information content (AvgIpc) is 3.04. The summed E-state index contributed by atoms with van der Waals surface area (Å²) in [6.07, 6.45) is 3.10. The molecule has 0 radical (unpaired) electrons. The molecule has 0 fully saturated rings. The number of methoxy groups -OCH3 is 1. The van der Waals surface area contributed by atoms with E-state index < -0.39 is 11.9 Å². The van der Waals surface area contributed by atoms with Gasteiger partial charge < -0.3 is 9.47 Å². The third-order valence-electron chi connectivity index (χ3n) is 4.46. The minimum Gasteiger partial charge on any atom is -0.465 e. The molecular weight excluding hydrogens is 368 g/mol. The average molecular weight is 390 g/mol. The molecule has 0 bridgehead atoms. The maximum absolute atomic E-state index is 12.1. The molecule has 0 atom stereocenters. The monoisotopic (exact) mass is 390 g/mol. The van der Waals surface area contributed by atoms with Gasteiger partial charge in [-0.2, -0.15) is 5.10 Å². The zero-order valence-electron chi connectivity index (χ0n) is 16.6. The Labute approximate surface area is 169 Å². The summed E-state index contributed by atoms with van der Waals surface area (Å²) < 4.78 is 11.8. The molecule has 3 rings (SSSR count). The first-order valence-electron chi connectivity index (χ1n) is 9.13. The van der Waals surface area contributed by atoms with Gasteiger partial charge in [0.25, 0.3) is 0 Å². The van der Waals surface area contributed by atoms with E-state index in [9.17, 15) is 9.59 Å². The molecule has 2 aromatic carbocycles. The third kappa shape index (κ3) is 4.79. The molecule has 1 aromatic heterocycles. The summed E-state index contributed by atoms with van der Waals surface area (Å²) in [5.74, 6) is -0.904. The number of benzene rings is 2. The summed E-state index contributed by atoms with van der Waals surface area (Å²) in [6, 6.07) is 16.6. The normalized spacial score (nSPS) is 10.9. The molecule has 1 heterocycles. The summed E-state index contributed by atoms with van der Waals surface area (Å²) in [7, 11) is 1.32. The van der Waals surface area contributed by atoms with Crippen LogP contribution in [-0.2, 0) is 20.9 Å². The van der Waals surface area contributed by atoms with Crippen LogP contribution in [0.25, 0.3) is 11.8 Å². The zero-order valence-corrected chi connectivity index (χ0v) is 16.6. The number of rotatable bonds is 6. The van der Waals surface area contributed by atoms with Crippen molar-refractivity contribution in [2.24, 2.45) is 0 Å². The number of esters is 2. The van der Waals surface area contributed by atoms with Crippen molar-refractivity contribution in [1.82, 2.24) is 9.78 Å². The quantitative estimate of drug-likeness (QED) is 0.469. The Hall–Kier alpha value is -3.67. The smallest absolute Gasteiger partial charge is 0.337 e. The van der Waals surface area contributed by atoms with E-state index in [2.05, 4.69) is 5.10 Å². The van der Waals surface area contributed by atoms with Gasteiger partial charge in [0, 0.05) is 17.3 Å². The Morgan fingerprint density at radius 3 is 2.55 bits per heavy atom. The summed E-state index contributed by atoms with van der Waals surface area (Å²) in [4.78, 5) is 23.7. The Kier molecular flexibility index (Phi) is 6.24. The van der Waals surface area contributed by atoms with E-state index in [0.29, 0.717) is 11.1 Å². The van der Waals surface area contributed by atoms with Gasteiger partial charge in [-0.25, -0.2) is 14.3 Å². The van der Waals surface area contributed by atoms with Crippen LogP contribution in [0.15, 0.2) is 60.7 Å². The fourth-order valence-corrected chi connectivity index (χ4v) is 2.98. The van der Waals surface area contributed by atoms with Crippen LogP contribution in [-0.4, -0.2) is 28.8 Å². The zero-order chi connectivity index (χ0) is 20.8. The van der Waals surface area contributed by atoms with Crippen LogP contribution in [0.1, 0.15) is 32.9 Å². The largest absolute Gasteiger partial charge is 0.465 e. The molecule has 0 aliphatic carbocycles. The minimum atomic E-state index is -0.472. The SMILES string of the molecule is COC(=O)c1cccc(COC(=O)/C=C/c2c(C)nn(-c3ccccc3)c2C)c1. The van der Waals surface area contributed by atoms with Crippen LogP contribution in [0.3, 0.4) is 0 Å². The van der Waals surface area contributed by atoms with Crippen LogP contribution in [0.4, 0.5) is 0 Å². The molecule has 0 saturated heterocycles. The fraction of sp³-hybridized carbons (Fsp3) is 0.174. The highest BCUT2D eigenvalue weighted by Gasteiger charge is 2.11. The topological polar surface area (TPSA) is 70.4 Å². The number of aryl methyl sites for hydroxylation is 1. The van der Waals surface area contributed by atoms with Gasteiger partial charge in [-0.05, 0) is 49.8 Å². The second-order valence-corrected chi connectivity index (χ2v) is 6.46. The number of carbonyl (C=O) groups excluding carboxylic acids is 2. The van der Waals surface area contributed by atoms with Gasteiger partial charge >= 0.3 is 11.9 Å². The molecule has 0 unspecified atom stereocenters. The van der Waals surface area contributed by atoms with E-state index >= 15 is 0 Å². The van der Waals surface area contributed by atoms with Crippen molar-refractivity contribution in [3.05, 3.63) is 88.8 Å². The standard InChI is InChI=1S/C23H22N2O4/c1-16-21(17(2)25(24-16)20-10-5-4-6-11-20)12-13-22(26)29-15-18-8-7-9-19(14-18)23(27)28-3/h4-14H,15H2,1-3H3/b13-12+. The van der Waals surface area contributed by atoms with Crippen molar-refractivity contribution in [2.75, 3.05) is 7.11 Å². The molecule has 6 heteroatoms. The number of nitrogens with zero attached hydrogens (tertiary/aromatic N) is 2. The molecule has 0 aliphatic rings. The highest BCUT2D eigenvalue weighted by Crippen LogP contribution is 2.19. The molecule has 29 heavy (non-hydrogen) atoms. The van der Waals surface area contributed by atoms with Crippen molar-refractivity contribution in [3.63, 3.8) is 0 Å².